The zero-order valence-electron chi connectivity index (χ0n) is 16.0. The molecule has 0 radical (unpaired) electrons. The first-order chi connectivity index (χ1) is 12.9. The molecule has 2 aliphatic rings. The largest absolute Gasteiger partial charge is 0.375 e. The van der Waals surface area contributed by atoms with Crippen molar-refractivity contribution in [3.05, 3.63) is 35.6 Å². The number of nitrogens with zero attached hydrogens (tertiary/aromatic N) is 2. The van der Waals surface area contributed by atoms with E-state index in [9.17, 15) is 14.0 Å². The van der Waals surface area contributed by atoms with Gasteiger partial charge in [0.05, 0.1) is 19.1 Å². The second-order valence-corrected chi connectivity index (χ2v) is 7.65. The number of hydrogen-bond acceptors (Lipinski definition) is 4. The lowest BCUT2D eigenvalue weighted by Crippen LogP contribution is -2.47. The molecule has 1 aromatic rings. The van der Waals surface area contributed by atoms with E-state index in [-0.39, 0.29) is 42.2 Å². The van der Waals surface area contributed by atoms with Crippen LogP contribution in [0.25, 0.3) is 0 Å². The lowest BCUT2D eigenvalue weighted by molar-refractivity contribution is -0.134. The average Bonchev–Trinajstić information content (AvgIpc) is 3.02. The number of halogens is 1. The van der Waals surface area contributed by atoms with Crippen LogP contribution in [-0.4, -0.2) is 73.6 Å². The van der Waals surface area contributed by atoms with Crippen molar-refractivity contribution in [2.24, 2.45) is 0 Å². The van der Waals surface area contributed by atoms with Crippen molar-refractivity contribution >= 4 is 11.8 Å². The van der Waals surface area contributed by atoms with Gasteiger partial charge >= 0.3 is 0 Å². The molecule has 0 saturated carbocycles. The molecule has 0 bridgehead atoms. The maximum absolute atomic E-state index is 13.6. The third-order valence-corrected chi connectivity index (χ3v) is 5.34. The number of amides is 2. The highest BCUT2D eigenvalue weighted by molar-refractivity contribution is 5.76. The van der Waals surface area contributed by atoms with Gasteiger partial charge in [0.2, 0.25) is 11.8 Å². The number of ether oxygens (including phenoxy) is 1. The molecule has 2 amide bonds. The Morgan fingerprint density at radius 2 is 2.07 bits per heavy atom. The number of morpholine rings is 1. The van der Waals surface area contributed by atoms with E-state index in [1.54, 1.807) is 37.2 Å². The number of carbonyl (C=O) groups excluding carboxylic acids is 2. The minimum atomic E-state index is -0.265. The molecule has 27 heavy (non-hydrogen) atoms. The number of rotatable bonds is 6. The van der Waals surface area contributed by atoms with Gasteiger partial charge in [0, 0.05) is 45.7 Å². The normalized spacial score (nSPS) is 25.1. The lowest BCUT2D eigenvalue weighted by atomic mass is 10.1. The molecule has 1 N–H and O–H groups in total. The van der Waals surface area contributed by atoms with E-state index >= 15 is 0 Å². The van der Waals surface area contributed by atoms with Gasteiger partial charge in [-0.2, -0.15) is 0 Å². The Balaban J connectivity index is 1.43. The number of nitrogens with one attached hydrogen (secondary N) is 1. The lowest BCUT2D eigenvalue weighted by Gasteiger charge is -2.35. The average molecular weight is 377 g/mol. The first-order valence-corrected chi connectivity index (χ1v) is 9.51. The Kier molecular flexibility index (Phi) is 6.44. The van der Waals surface area contributed by atoms with Gasteiger partial charge in [-0.1, -0.05) is 18.2 Å². The molecule has 0 unspecified atom stereocenters. The molecule has 148 valence electrons. The number of fused-ring (bicyclic) bond motifs is 1. The van der Waals surface area contributed by atoms with Crippen molar-refractivity contribution in [2.75, 3.05) is 33.8 Å². The Bertz CT molecular complexity index is 682. The molecule has 2 saturated heterocycles. The van der Waals surface area contributed by atoms with Gasteiger partial charge in [0.15, 0.2) is 0 Å². The third-order valence-electron chi connectivity index (χ3n) is 5.34. The highest BCUT2D eigenvalue weighted by atomic mass is 19.1. The van der Waals surface area contributed by atoms with Gasteiger partial charge < -0.3 is 15.0 Å². The van der Waals surface area contributed by atoms with Gasteiger partial charge in [-0.3, -0.25) is 14.5 Å². The van der Waals surface area contributed by atoms with Crippen LogP contribution in [0.1, 0.15) is 24.8 Å². The Labute approximate surface area is 159 Å². The summed E-state index contributed by atoms with van der Waals surface area (Å²) in [6.45, 7) is 2.07. The van der Waals surface area contributed by atoms with Crippen molar-refractivity contribution in [2.45, 2.75) is 43.9 Å². The monoisotopic (exact) mass is 377 g/mol. The summed E-state index contributed by atoms with van der Waals surface area (Å²) in [7, 11) is 3.49. The summed E-state index contributed by atoms with van der Waals surface area (Å²) < 4.78 is 19.5. The van der Waals surface area contributed by atoms with Crippen LogP contribution in [0.3, 0.4) is 0 Å². The third kappa shape index (κ3) is 5.26. The van der Waals surface area contributed by atoms with Crippen molar-refractivity contribution in [3.63, 3.8) is 0 Å². The van der Waals surface area contributed by atoms with E-state index < -0.39 is 0 Å². The van der Waals surface area contributed by atoms with Crippen LogP contribution in [0.5, 0.6) is 0 Å². The predicted molar refractivity (Wildman–Crippen MR) is 99.7 cm³/mol. The van der Waals surface area contributed by atoms with E-state index in [0.717, 1.165) is 13.0 Å². The van der Waals surface area contributed by atoms with Crippen molar-refractivity contribution in [1.82, 2.24) is 15.1 Å². The van der Waals surface area contributed by atoms with Gasteiger partial charge in [-0.15, -0.1) is 0 Å². The number of benzene rings is 1. The maximum atomic E-state index is 13.6. The molecule has 6 nitrogen and oxygen atoms in total. The fourth-order valence-electron chi connectivity index (χ4n) is 3.80. The van der Waals surface area contributed by atoms with Crippen LogP contribution >= 0.6 is 0 Å². The molecule has 3 atom stereocenters. The summed E-state index contributed by atoms with van der Waals surface area (Å²) >= 11 is 0. The molecular weight excluding hydrogens is 349 g/mol. The van der Waals surface area contributed by atoms with Gasteiger partial charge in [-0.05, 0) is 24.5 Å². The SMILES string of the molecule is CN(C)C(=O)C[C@H]1CN2C[C@H](NC(=O)CCc3ccccc3F)C[C@H]2CO1. The zero-order valence-corrected chi connectivity index (χ0v) is 16.0. The summed E-state index contributed by atoms with van der Waals surface area (Å²) in [6.07, 6.45) is 1.82. The predicted octanol–water partition coefficient (Wildman–Crippen LogP) is 1.19. The summed E-state index contributed by atoms with van der Waals surface area (Å²) in [4.78, 5) is 28.0. The van der Waals surface area contributed by atoms with Gasteiger partial charge in [0.25, 0.3) is 0 Å². The summed E-state index contributed by atoms with van der Waals surface area (Å²) in [5.74, 6) is -0.252. The molecule has 2 aliphatic heterocycles. The molecule has 2 heterocycles. The highest BCUT2D eigenvalue weighted by Crippen LogP contribution is 2.24. The second kappa shape index (κ2) is 8.80. The topological polar surface area (TPSA) is 61.9 Å². The quantitative estimate of drug-likeness (QED) is 0.809. The Morgan fingerprint density at radius 1 is 1.30 bits per heavy atom. The minimum Gasteiger partial charge on any atom is -0.375 e. The number of carbonyl (C=O) groups is 2. The molecule has 3 rings (SSSR count). The van der Waals surface area contributed by atoms with Crippen molar-refractivity contribution < 1.29 is 18.7 Å². The molecule has 0 spiro atoms. The van der Waals surface area contributed by atoms with Crippen LogP contribution in [-0.2, 0) is 20.7 Å². The summed E-state index contributed by atoms with van der Waals surface area (Å²) in [5.41, 5.74) is 0.568. The van der Waals surface area contributed by atoms with E-state index in [1.165, 1.54) is 6.07 Å². The maximum Gasteiger partial charge on any atom is 0.224 e. The second-order valence-electron chi connectivity index (χ2n) is 7.65. The zero-order chi connectivity index (χ0) is 19.4. The fraction of sp³-hybridized carbons (Fsp3) is 0.600. The van der Waals surface area contributed by atoms with E-state index in [2.05, 4.69) is 10.2 Å². The van der Waals surface area contributed by atoms with Gasteiger partial charge in [-0.25, -0.2) is 4.39 Å². The Hall–Kier alpha value is -1.99. The summed E-state index contributed by atoms with van der Waals surface area (Å²) in [6, 6.07) is 6.92. The van der Waals surface area contributed by atoms with E-state index in [0.29, 0.717) is 31.6 Å². The van der Waals surface area contributed by atoms with Gasteiger partial charge in [0.1, 0.15) is 5.82 Å². The first-order valence-electron chi connectivity index (χ1n) is 9.51. The molecular formula is C20H28FN3O3. The highest BCUT2D eigenvalue weighted by Gasteiger charge is 2.38. The van der Waals surface area contributed by atoms with E-state index in [4.69, 9.17) is 4.74 Å². The molecule has 7 heteroatoms. The fourth-order valence-corrected chi connectivity index (χ4v) is 3.80. The van der Waals surface area contributed by atoms with Crippen LogP contribution in [0, 0.1) is 5.82 Å². The molecule has 1 aromatic carbocycles. The summed E-state index contributed by atoms with van der Waals surface area (Å²) in [5, 5.41) is 3.07. The molecule has 0 aliphatic carbocycles. The van der Waals surface area contributed by atoms with Crippen LogP contribution < -0.4 is 5.32 Å². The molecule has 0 aromatic heterocycles. The Morgan fingerprint density at radius 3 is 2.81 bits per heavy atom. The number of hydrogen-bond donors (Lipinski definition) is 1. The smallest absolute Gasteiger partial charge is 0.224 e. The first kappa shape index (κ1) is 19.8. The van der Waals surface area contributed by atoms with Crippen LogP contribution in [0.4, 0.5) is 4.39 Å². The van der Waals surface area contributed by atoms with E-state index in [1.807, 2.05) is 0 Å². The number of aryl methyl sites for hydroxylation is 1. The van der Waals surface area contributed by atoms with Crippen molar-refractivity contribution in [1.29, 1.82) is 0 Å². The van der Waals surface area contributed by atoms with Crippen LogP contribution in [0.2, 0.25) is 0 Å². The molecule has 2 fully saturated rings. The minimum absolute atomic E-state index is 0.0525. The standard InChI is InChI=1S/C20H28FN3O3/c1-23(2)20(26)10-17-12-24-11-15(9-16(24)13-27-17)22-19(25)8-7-14-5-3-4-6-18(14)21/h3-6,15-17H,7-13H2,1-2H3,(H,22,25)/t15-,16+,17+/m1/s1. The van der Waals surface area contributed by atoms with Crippen molar-refractivity contribution in [3.8, 4) is 0 Å². The van der Waals surface area contributed by atoms with Crippen LogP contribution in [0.15, 0.2) is 24.3 Å².